The number of benzene rings is 2. The van der Waals surface area contributed by atoms with Gasteiger partial charge in [-0.1, -0.05) is 23.7 Å². The van der Waals surface area contributed by atoms with E-state index in [2.05, 4.69) is 10.0 Å². The standard InChI is InChI=1S/C17H20ClN3O5S/c1-12(11-26-2)20-27(24,25)15-6-7-16(17(9-15)21(22)23)19-10-13-4-3-5-14(18)8-13/h3-9,12,19-20H,10-11H2,1-2H3/t12-/m0/s1. The molecule has 8 nitrogen and oxygen atoms in total. The van der Waals surface area contributed by atoms with Crippen LogP contribution in [0.5, 0.6) is 0 Å². The van der Waals surface area contributed by atoms with Crippen LogP contribution in [0.15, 0.2) is 47.4 Å². The molecule has 0 spiro atoms. The van der Waals surface area contributed by atoms with Gasteiger partial charge in [0.05, 0.1) is 16.4 Å². The number of halogens is 1. The van der Waals surface area contributed by atoms with Gasteiger partial charge in [-0.3, -0.25) is 10.1 Å². The van der Waals surface area contributed by atoms with Gasteiger partial charge in [-0.15, -0.1) is 0 Å². The molecule has 2 N–H and O–H groups in total. The lowest BCUT2D eigenvalue weighted by Crippen LogP contribution is -2.35. The van der Waals surface area contributed by atoms with Crippen LogP contribution in [0.2, 0.25) is 5.02 Å². The van der Waals surface area contributed by atoms with Gasteiger partial charge in [-0.2, -0.15) is 0 Å². The number of anilines is 1. The molecule has 0 aromatic heterocycles. The molecule has 0 bridgehead atoms. The third-order valence-electron chi connectivity index (χ3n) is 3.62. The highest BCUT2D eigenvalue weighted by Gasteiger charge is 2.23. The zero-order valence-electron chi connectivity index (χ0n) is 14.8. The van der Waals surface area contributed by atoms with E-state index in [1.54, 1.807) is 25.1 Å². The average Bonchev–Trinajstić information content (AvgIpc) is 2.59. The molecule has 0 unspecified atom stereocenters. The number of nitro groups is 1. The molecule has 0 aliphatic heterocycles. The monoisotopic (exact) mass is 413 g/mol. The van der Waals surface area contributed by atoms with Crippen LogP contribution in [-0.2, 0) is 21.3 Å². The molecule has 2 aromatic rings. The van der Waals surface area contributed by atoms with Crippen molar-refractivity contribution < 1.29 is 18.1 Å². The van der Waals surface area contributed by atoms with Gasteiger partial charge >= 0.3 is 0 Å². The zero-order valence-corrected chi connectivity index (χ0v) is 16.4. The normalized spacial score (nSPS) is 12.6. The molecule has 1 atom stereocenters. The number of hydrogen-bond donors (Lipinski definition) is 2. The van der Waals surface area contributed by atoms with Crippen LogP contribution in [0.25, 0.3) is 0 Å². The van der Waals surface area contributed by atoms with Crippen LogP contribution < -0.4 is 10.0 Å². The first-order valence-electron chi connectivity index (χ1n) is 8.01. The van der Waals surface area contributed by atoms with Gasteiger partial charge < -0.3 is 10.1 Å². The molecule has 0 saturated heterocycles. The number of hydrogen-bond acceptors (Lipinski definition) is 6. The SMILES string of the molecule is COC[C@H](C)NS(=O)(=O)c1ccc(NCc2cccc(Cl)c2)c([N+](=O)[O-])c1. The lowest BCUT2D eigenvalue weighted by Gasteiger charge is -2.14. The number of nitrogens with zero attached hydrogens (tertiary/aromatic N) is 1. The van der Waals surface area contributed by atoms with Crippen molar-refractivity contribution in [3.8, 4) is 0 Å². The highest BCUT2D eigenvalue weighted by Crippen LogP contribution is 2.28. The molecule has 2 aromatic carbocycles. The summed E-state index contributed by atoms with van der Waals surface area (Å²) >= 11 is 5.92. The molecule has 0 amide bonds. The van der Waals surface area contributed by atoms with Crippen LogP contribution in [0.4, 0.5) is 11.4 Å². The molecule has 0 heterocycles. The molecule has 0 aliphatic carbocycles. The van der Waals surface area contributed by atoms with E-state index in [1.807, 2.05) is 6.07 Å². The Bertz CT molecular complexity index is 921. The van der Waals surface area contributed by atoms with Gasteiger partial charge in [0.2, 0.25) is 10.0 Å². The Morgan fingerprint density at radius 1 is 1.26 bits per heavy atom. The Morgan fingerprint density at radius 3 is 2.63 bits per heavy atom. The van der Waals surface area contributed by atoms with Gasteiger partial charge in [0.1, 0.15) is 5.69 Å². The molecule has 27 heavy (non-hydrogen) atoms. The Hall–Kier alpha value is -2.20. The highest BCUT2D eigenvalue weighted by molar-refractivity contribution is 7.89. The summed E-state index contributed by atoms with van der Waals surface area (Å²) in [4.78, 5) is 10.6. The molecule has 146 valence electrons. The Balaban J connectivity index is 2.24. The van der Waals surface area contributed by atoms with Gasteiger partial charge in [0.25, 0.3) is 5.69 Å². The van der Waals surface area contributed by atoms with Crippen molar-refractivity contribution in [2.75, 3.05) is 19.0 Å². The van der Waals surface area contributed by atoms with Crippen molar-refractivity contribution in [3.05, 3.63) is 63.2 Å². The number of sulfonamides is 1. The number of ether oxygens (including phenoxy) is 1. The number of nitrogens with one attached hydrogen (secondary N) is 2. The van der Waals surface area contributed by atoms with E-state index >= 15 is 0 Å². The first kappa shape index (κ1) is 21.1. The average molecular weight is 414 g/mol. The maximum Gasteiger partial charge on any atom is 0.293 e. The van der Waals surface area contributed by atoms with E-state index in [9.17, 15) is 18.5 Å². The summed E-state index contributed by atoms with van der Waals surface area (Å²) in [5.74, 6) is 0. The van der Waals surface area contributed by atoms with Crippen LogP contribution in [0.1, 0.15) is 12.5 Å². The quantitative estimate of drug-likeness (QED) is 0.482. The van der Waals surface area contributed by atoms with Crippen LogP contribution in [-0.4, -0.2) is 33.1 Å². The number of nitro benzene ring substituents is 1. The summed E-state index contributed by atoms with van der Waals surface area (Å²) in [5, 5.41) is 14.9. The summed E-state index contributed by atoms with van der Waals surface area (Å²) < 4.78 is 32.1. The molecule has 0 fully saturated rings. The largest absolute Gasteiger partial charge is 0.383 e. The Morgan fingerprint density at radius 2 is 2.00 bits per heavy atom. The second-order valence-electron chi connectivity index (χ2n) is 5.90. The number of methoxy groups -OCH3 is 1. The Labute approximate surface area is 162 Å². The summed E-state index contributed by atoms with van der Waals surface area (Å²) in [6, 6.07) is 10.3. The van der Waals surface area contributed by atoms with Crippen LogP contribution in [0.3, 0.4) is 0 Å². The van der Waals surface area contributed by atoms with E-state index in [0.717, 1.165) is 11.6 Å². The molecule has 0 aliphatic rings. The van der Waals surface area contributed by atoms with Crippen molar-refractivity contribution in [2.45, 2.75) is 24.4 Å². The van der Waals surface area contributed by atoms with Gasteiger partial charge in [0.15, 0.2) is 0 Å². The van der Waals surface area contributed by atoms with Crippen molar-refractivity contribution in [1.29, 1.82) is 0 Å². The van der Waals surface area contributed by atoms with Crippen molar-refractivity contribution in [2.24, 2.45) is 0 Å². The topological polar surface area (TPSA) is 111 Å². The predicted molar refractivity (Wildman–Crippen MR) is 104 cm³/mol. The Kier molecular flexibility index (Phi) is 7.14. The first-order valence-corrected chi connectivity index (χ1v) is 9.87. The smallest absolute Gasteiger partial charge is 0.293 e. The molecule has 0 radical (unpaired) electrons. The molecule has 0 saturated carbocycles. The van der Waals surface area contributed by atoms with Crippen LogP contribution >= 0.6 is 11.6 Å². The fourth-order valence-corrected chi connectivity index (χ4v) is 3.90. The minimum Gasteiger partial charge on any atom is -0.383 e. The van der Waals surface area contributed by atoms with Gasteiger partial charge in [-0.25, -0.2) is 13.1 Å². The van der Waals surface area contributed by atoms with Crippen molar-refractivity contribution in [3.63, 3.8) is 0 Å². The maximum absolute atomic E-state index is 12.4. The third kappa shape index (κ3) is 5.90. The minimum absolute atomic E-state index is 0.181. The van der Waals surface area contributed by atoms with Crippen molar-refractivity contribution >= 4 is 33.0 Å². The second kappa shape index (κ2) is 9.14. The highest BCUT2D eigenvalue weighted by atomic mass is 35.5. The number of rotatable bonds is 9. The lowest BCUT2D eigenvalue weighted by atomic mass is 10.2. The maximum atomic E-state index is 12.4. The van der Waals surface area contributed by atoms with E-state index in [0.29, 0.717) is 11.6 Å². The molecular weight excluding hydrogens is 394 g/mol. The minimum atomic E-state index is -3.91. The summed E-state index contributed by atoms with van der Waals surface area (Å²) in [7, 11) is -2.45. The van der Waals surface area contributed by atoms with E-state index in [4.69, 9.17) is 16.3 Å². The molecule has 10 heteroatoms. The zero-order chi connectivity index (χ0) is 20.0. The second-order valence-corrected chi connectivity index (χ2v) is 8.05. The molecule has 2 rings (SSSR count). The van der Waals surface area contributed by atoms with E-state index in [1.165, 1.54) is 19.2 Å². The summed E-state index contributed by atoms with van der Waals surface area (Å²) in [6.45, 7) is 2.12. The lowest BCUT2D eigenvalue weighted by molar-refractivity contribution is -0.384. The molecular formula is C17H20ClN3O5S. The fraction of sp³-hybridized carbons (Fsp3) is 0.294. The third-order valence-corrected chi connectivity index (χ3v) is 5.44. The summed E-state index contributed by atoms with van der Waals surface area (Å²) in [5.41, 5.74) is 0.715. The predicted octanol–water partition coefficient (Wildman–Crippen LogP) is 3.17. The summed E-state index contributed by atoms with van der Waals surface area (Å²) in [6.07, 6.45) is 0. The van der Waals surface area contributed by atoms with Gasteiger partial charge in [0, 0.05) is 30.8 Å². The van der Waals surface area contributed by atoms with Crippen LogP contribution in [0, 0.1) is 10.1 Å². The van der Waals surface area contributed by atoms with Gasteiger partial charge in [-0.05, 0) is 36.8 Å². The van der Waals surface area contributed by atoms with E-state index in [-0.39, 0.29) is 22.9 Å². The fourth-order valence-electron chi connectivity index (χ4n) is 2.44. The van der Waals surface area contributed by atoms with E-state index < -0.39 is 21.0 Å². The van der Waals surface area contributed by atoms with Crippen molar-refractivity contribution in [1.82, 2.24) is 4.72 Å². The first-order chi connectivity index (χ1) is 12.7.